The second-order valence-corrected chi connectivity index (χ2v) is 7.18. The Labute approximate surface area is 134 Å². The summed E-state index contributed by atoms with van der Waals surface area (Å²) in [4.78, 5) is 7.51. The zero-order valence-corrected chi connectivity index (χ0v) is 14.1. The highest BCUT2D eigenvalue weighted by Gasteiger charge is 2.17. The van der Waals surface area contributed by atoms with Crippen LogP contribution in [0.5, 0.6) is 0 Å². The number of para-hydroxylation sites is 1. The zero-order valence-electron chi connectivity index (χ0n) is 12.6. The van der Waals surface area contributed by atoms with Gasteiger partial charge in [0.1, 0.15) is 5.82 Å². The lowest BCUT2D eigenvalue weighted by atomic mass is 10.1. The van der Waals surface area contributed by atoms with Crippen molar-refractivity contribution < 1.29 is 0 Å². The van der Waals surface area contributed by atoms with Crippen LogP contribution in [0.2, 0.25) is 0 Å². The number of hydrogen-bond acceptors (Lipinski definition) is 2. The molecular weight excluding hydrogens is 300 g/mol. The molecule has 0 saturated carbocycles. The van der Waals surface area contributed by atoms with Crippen molar-refractivity contribution in [2.24, 2.45) is 0 Å². The molecule has 110 valence electrons. The molecule has 0 aliphatic carbocycles. The van der Waals surface area contributed by atoms with Crippen molar-refractivity contribution in [2.45, 2.75) is 39.1 Å². The first-order chi connectivity index (χ1) is 10.1. The van der Waals surface area contributed by atoms with Crippen LogP contribution in [0, 0.1) is 13.8 Å². The van der Waals surface area contributed by atoms with Gasteiger partial charge in [0.2, 0.25) is 0 Å². The van der Waals surface area contributed by atoms with Crippen LogP contribution in [0.3, 0.4) is 0 Å². The average molecular weight is 319 g/mol. The molecule has 0 saturated heterocycles. The molecule has 3 rings (SSSR count). The summed E-state index contributed by atoms with van der Waals surface area (Å²) < 4.78 is 2.30. The summed E-state index contributed by atoms with van der Waals surface area (Å²) in [5.41, 5.74) is 3.46. The second kappa shape index (κ2) is 5.82. The first-order valence-corrected chi connectivity index (χ1v) is 8.53. The predicted molar refractivity (Wildman–Crippen MR) is 91.5 cm³/mol. The molecule has 0 amide bonds. The first-order valence-electron chi connectivity index (χ1n) is 7.18. The van der Waals surface area contributed by atoms with E-state index in [-0.39, 0.29) is 0 Å². The minimum atomic E-state index is 0.351. The van der Waals surface area contributed by atoms with Crippen LogP contribution in [0.15, 0.2) is 30.3 Å². The summed E-state index contributed by atoms with van der Waals surface area (Å²) in [5, 5.41) is 0. The fourth-order valence-electron chi connectivity index (χ4n) is 2.87. The van der Waals surface area contributed by atoms with Crippen LogP contribution < -0.4 is 0 Å². The smallest absolute Gasteiger partial charge is 0.125 e. The van der Waals surface area contributed by atoms with Crippen LogP contribution in [-0.4, -0.2) is 9.55 Å². The Morgan fingerprint density at radius 1 is 1.24 bits per heavy atom. The first kappa shape index (κ1) is 14.6. The van der Waals surface area contributed by atoms with Crippen LogP contribution in [0.1, 0.15) is 34.1 Å². The van der Waals surface area contributed by atoms with Crippen molar-refractivity contribution in [3.63, 3.8) is 0 Å². The standard InChI is InChI=1S/C17H19ClN2S/c1-11-5-4-6-15-17(11)19-16(10-18)20(15)12(2)9-14-8-7-13(3)21-14/h4-8,12H,9-10H2,1-3H3. The van der Waals surface area contributed by atoms with Crippen LogP contribution in [0.25, 0.3) is 11.0 Å². The van der Waals surface area contributed by atoms with Gasteiger partial charge in [0.25, 0.3) is 0 Å². The number of alkyl halides is 1. The molecule has 1 unspecified atom stereocenters. The number of aryl methyl sites for hydroxylation is 2. The van der Waals surface area contributed by atoms with Gasteiger partial charge in [-0.2, -0.15) is 0 Å². The Morgan fingerprint density at radius 3 is 2.71 bits per heavy atom. The summed E-state index contributed by atoms with van der Waals surface area (Å²) in [6, 6.07) is 11.1. The number of aromatic nitrogens is 2. The fraction of sp³-hybridized carbons (Fsp3) is 0.353. The van der Waals surface area contributed by atoms with E-state index in [1.54, 1.807) is 0 Å². The highest BCUT2D eigenvalue weighted by atomic mass is 35.5. The summed E-state index contributed by atoms with van der Waals surface area (Å²) in [6.45, 7) is 6.50. The molecule has 0 radical (unpaired) electrons. The number of rotatable bonds is 4. The third-order valence-corrected chi connectivity index (χ3v) is 5.11. The number of fused-ring (bicyclic) bond motifs is 1. The predicted octanol–water partition coefficient (Wildman–Crippen LogP) is 5.26. The van der Waals surface area contributed by atoms with Crippen molar-refractivity contribution >= 4 is 34.0 Å². The molecule has 2 nitrogen and oxygen atoms in total. The third kappa shape index (κ3) is 2.72. The SMILES string of the molecule is Cc1ccc(CC(C)n2c(CCl)nc3c(C)cccc32)s1. The lowest BCUT2D eigenvalue weighted by Gasteiger charge is -2.16. The van der Waals surface area contributed by atoms with Gasteiger partial charge in [-0.1, -0.05) is 12.1 Å². The number of benzene rings is 1. The van der Waals surface area contributed by atoms with Gasteiger partial charge in [0.15, 0.2) is 0 Å². The Kier molecular flexibility index (Phi) is 4.05. The van der Waals surface area contributed by atoms with Gasteiger partial charge in [-0.15, -0.1) is 22.9 Å². The summed E-state index contributed by atoms with van der Waals surface area (Å²) in [5.74, 6) is 1.41. The zero-order chi connectivity index (χ0) is 15.0. The van der Waals surface area contributed by atoms with Crippen LogP contribution >= 0.6 is 22.9 Å². The maximum absolute atomic E-state index is 6.13. The molecular formula is C17H19ClN2S. The Morgan fingerprint density at radius 2 is 2.05 bits per heavy atom. The molecule has 1 atom stereocenters. The minimum Gasteiger partial charge on any atom is -0.324 e. The van der Waals surface area contributed by atoms with E-state index < -0.39 is 0 Å². The largest absolute Gasteiger partial charge is 0.324 e. The van der Waals surface area contributed by atoms with E-state index in [1.807, 2.05) is 11.3 Å². The van der Waals surface area contributed by atoms with E-state index in [2.05, 4.69) is 55.7 Å². The monoisotopic (exact) mass is 318 g/mol. The number of thiophene rings is 1. The Balaban J connectivity index is 2.03. The molecule has 2 aromatic heterocycles. The number of nitrogens with zero attached hydrogens (tertiary/aromatic N) is 2. The molecule has 4 heteroatoms. The van der Waals surface area contributed by atoms with Crippen molar-refractivity contribution in [1.29, 1.82) is 0 Å². The van der Waals surface area contributed by atoms with Gasteiger partial charge in [-0.25, -0.2) is 4.98 Å². The molecule has 0 aliphatic heterocycles. The maximum atomic E-state index is 6.13. The molecule has 0 N–H and O–H groups in total. The van der Waals surface area contributed by atoms with Gasteiger partial charge in [0.05, 0.1) is 16.9 Å². The van der Waals surface area contributed by atoms with Gasteiger partial charge in [0, 0.05) is 22.2 Å². The Bertz CT molecular complexity index is 772. The Hall–Kier alpha value is -1.32. The number of halogens is 1. The highest BCUT2D eigenvalue weighted by molar-refractivity contribution is 7.11. The molecule has 0 fully saturated rings. The van der Waals surface area contributed by atoms with Crippen LogP contribution in [-0.2, 0) is 12.3 Å². The van der Waals surface area contributed by atoms with Crippen molar-refractivity contribution in [3.05, 3.63) is 51.5 Å². The van der Waals surface area contributed by atoms with Gasteiger partial charge >= 0.3 is 0 Å². The fourth-order valence-corrected chi connectivity index (χ4v) is 4.07. The van der Waals surface area contributed by atoms with Gasteiger partial charge in [-0.05, 0) is 44.5 Å². The second-order valence-electron chi connectivity index (χ2n) is 5.54. The highest BCUT2D eigenvalue weighted by Crippen LogP contribution is 2.28. The molecule has 1 aromatic carbocycles. The normalized spacial score (nSPS) is 13.0. The summed E-state index contributed by atoms with van der Waals surface area (Å²) in [6.07, 6.45) is 1.02. The molecule has 21 heavy (non-hydrogen) atoms. The van der Waals surface area contributed by atoms with Crippen molar-refractivity contribution in [1.82, 2.24) is 9.55 Å². The third-order valence-electron chi connectivity index (χ3n) is 3.85. The minimum absolute atomic E-state index is 0.351. The van der Waals surface area contributed by atoms with Crippen LogP contribution in [0.4, 0.5) is 0 Å². The molecule has 0 bridgehead atoms. The average Bonchev–Trinajstić information content (AvgIpc) is 3.03. The molecule has 0 spiro atoms. The molecule has 2 heterocycles. The van der Waals surface area contributed by atoms with E-state index in [0.717, 1.165) is 17.8 Å². The lowest BCUT2D eigenvalue weighted by molar-refractivity contribution is 0.547. The number of hydrogen-bond donors (Lipinski definition) is 0. The van der Waals surface area contributed by atoms with E-state index >= 15 is 0 Å². The maximum Gasteiger partial charge on any atom is 0.125 e. The van der Waals surface area contributed by atoms with E-state index in [4.69, 9.17) is 16.6 Å². The van der Waals surface area contributed by atoms with E-state index in [0.29, 0.717) is 11.9 Å². The molecule has 3 aromatic rings. The van der Waals surface area contributed by atoms with Crippen molar-refractivity contribution in [3.8, 4) is 0 Å². The topological polar surface area (TPSA) is 17.8 Å². The number of imidazole rings is 1. The van der Waals surface area contributed by atoms with E-state index in [1.165, 1.54) is 20.8 Å². The lowest BCUT2D eigenvalue weighted by Crippen LogP contribution is -2.10. The summed E-state index contributed by atoms with van der Waals surface area (Å²) >= 11 is 7.99. The summed E-state index contributed by atoms with van der Waals surface area (Å²) in [7, 11) is 0. The van der Waals surface area contributed by atoms with E-state index in [9.17, 15) is 0 Å². The van der Waals surface area contributed by atoms with Gasteiger partial charge in [-0.3, -0.25) is 0 Å². The van der Waals surface area contributed by atoms with Gasteiger partial charge < -0.3 is 4.57 Å². The van der Waals surface area contributed by atoms with Crippen molar-refractivity contribution in [2.75, 3.05) is 0 Å². The quantitative estimate of drug-likeness (QED) is 0.600. The molecule has 0 aliphatic rings.